The minimum Gasteiger partial charge on any atom is -0.497 e. The Morgan fingerprint density at radius 1 is 1.28 bits per heavy atom. The standard InChI is InChI=1S/C18H22N4O3/c1-20-12-18(25-17(20)23)7-9-21(13-18)11-16-19-8-10-22(16)14-3-5-15(24-2)6-4-14/h3-6,8,10H,7,9,11-13H2,1-2H3/t18-/m1/s1. The fourth-order valence-corrected chi connectivity index (χ4v) is 3.70. The number of nitrogens with zero attached hydrogens (tertiary/aromatic N) is 4. The van der Waals surface area contributed by atoms with Gasteiger partial charge in [0.1, 0.15) is 17.2 Å². The SMILES string of the molecule is COc1ccc(-n2ccnc2CN2CC[C@]3(C2)CN(C)C(=O)O3)cc1. The van der Waals surface area contributed by atoms with Crippen molar-refractivity contribution in [1.82, 2.24) is 19.4 Å². The van der Waals surface area contributed by atoms with Crippen molar-refractivity contribution in [2.75, 3.05) is 33.8 Å². The van der Waals surface area contributed by atoms with E-state index in [1.54, 1.807) is 19.1 Å². The van der Waals surface area contributed by atoms with E-state index in [-0.39, 0.29) is 11.7 Å². The number of hydrogen-bond acceptors (Lipinski definition) is 5. The number of benzene rings is 1. The molecule has 0 unspecified atom stereocenters. The zero-order valence-corrected chi connectivity index (χ0v) is 14.5. The lowest BCUT2D eigenvalue weighted by molar-refractivity contribution is 0.0624. The summed E-state index contributed by atoms with van der Waals surface area (Å²) in [5, 5.41) is 0. The molecule has 1 aromatic carbocycles. The van der Waals surface area contributed by atoms with Crippen molar-refractivity contribution in [2.45, 2.75) is 18.6 Å². The summed E-state index contributed by atoms with van der Waals surface area (Å²) >= 11 is 0. The zero-order valence-electron chi connectivity index (χ0n) is 14.5. The molecule has 2 saturated heterocycles. The maximum absolute atomic E-state index is 11.7. The second-order valence-electron chi connectivity index (χ2n) is 6.78. The van der Waals surface area contributed by atoms with E-state index in [4.69, 9.17) is 9.47 Å². The van der Waals surface area contributed by atoms with Crippen LogP contribution < -0.4 is 4.74 Å². The first-order valence-corrected chi connectivity index (χ1v) is 8.42. The number of rotatable bonds is 4. The molecular weight excluding hydrogens is 320 g/mol. The Balaban J connectivity index is 1.48. The fourth-order valence-electron chi connectivity index (χ4n) is 3.70. The molecule has 0 radical (unpaired) electrons. The van der Waals surface area contributed by atoms with Crippen LogP contribution in [0.15, 0.2) is 36.7 Å². The molecule has 0 saturated carbocycles. The number of likely N-dealkylation sites (N-methyl/N-ethyl adjacent to an activating group) is 1. The molecule has 0 N–H and O–H groups in total. The largest absolute Gasteiger partial charge is 0.497 e. The van der Waals surface area contributed by atoms with Crippen LogP contribution in [0.2, 0.25) is 0 Å². The summed E-state index contributed by atoms with van der Waals surface area (Å²) in [6, 6.07) is 7.92. The normalized spacial score (nSPS) is 23.4. The molecule has 2 fully saturated rings. The third-order valence-corrected chi connectivity index (χ3v) is 4.97. The topological polar surface area (TPSA) is 59.8 Å². The van der Waals surface area contributed by atoms with E-state index in [9.17, 15) is 4.79 Å². The van der Waals surface area contributed by atoms with E-state index in [2.05, 4.69) is 14.5 Å². The van der Waals surface area contributed by atoms with Crippen molar-refractivity contribution in [1.29, 1.82) is 0 Å². The van der Waals surface area contributed by atoms with Crippen LogP contribution in [-0.2, 0) is 11.3 Å². The highest BCUT2D eigenvalue weighted by atomic mass is 16.6. The summed E-state index contributed by atoms with van der Waals surface area (Å²) in [4.78, 5) is 20.2. The Kier molecular flexibility index (Phi) is 3.88. The van der Waals surface area contributed by atoms with Crippen molar-refractivity contribution in [2.24, 2.45) is 0 Å². The number of imidazole rings is 1. The third-order valence-electron chi connectivity index (χ3n) is 4.97. The average molecular weight is 342 g/mol. The molecule has 7 heteroatoms. The summed E-state index contributed by atoms with van der Waals surface area (Å²) in [6.07, 6.45) is 4.43. The maximum Gasteiger partial charge on any atom is 0.410 e. The highest BCUT2D eigenvalue weighted by molar-refractivity contribution is 5.70. The molecule has 3 heterocycles. The van der Waals surface area contributed by atoms with Crippen LogP contribution in [0.1, 0.15) is 12.2 Å². The van der Waals surface area contributed by atoms with Crippen LogP contribution in [0.3, 0.4) is 0 Å². The van der Waals surface area contributed by atoms with Gasteiger partial charge in [0.05, 0.1) is 20.2 Å². The van der Waals surface area contributed by atoms with Crippen molar-refractivity contribution in [3.8, 4) is 11.4 Å². The Bertz CT molecular complexity index is 773. The van der Waals surface area contributed by atoms with Gasteiger partial charge in [0.15, 0.2) is 0 Å². The van der Waals surface area contributed by atoms with E-state index >= 15 is 0 Å². The highest BCUT2D eigenvalue weighted by Crippen LogP contribution is 2.32. The number of carbonyl (C=O) groups is 1. The monoisotopic (exact) mass is 342 g/mol. The van der Waals surface area contributed by atoms with E-state index in [1.807, 2.05) is 36.7 Å². The summed E-state index contributed by atoms with van der Waals surface area (Å²) in [5.41, 5.74) is 0.692. The molecule has 0 bridgehead atoms. The van der Waals surface area contributed by atoms with Crippen molar-refractivity contribution >= 4 is 6.09 Å². The van der Waals surface area contributed by atoms with Gasteiger partial charge in [0.2, 0.25) is 0 Å². The Labute approximate surface area is 146 Å². The van der Waals surface area contributed by atoms with Crippen LogP contribution in [0.5, 0.6) is 5.75 Å². The van der Waals surface area contributed by atoms with Crippen LogP contribution in [0, 0.1) is 0 Å². The van der Waals surface area contributed by atoms with E-state index < -0.39 is 0 Å². The summed E-state index contributed by atoms with van der Waals surface area (Å²) in [5.74, 6) is 1.80. The molecular formula is C18H22N4O3. The molecule has 2 aliphatic rings. The third kappa shape index (κ3) is 2.95. The maximum atomic E-state index is 11.7. The number of amides is 1. The minimum atomic E-state index is -0.358. The number of ether oxygens (including phenoxy) is 2. The van der Waals surface area contributed by atoms with Gasteiger partial charge in [-0.1, -0.05) is 0 Å². The molecule has 0 aliphatic carbocycles. The molecule has 2 aliphatic heterocycles. The number of likely N-dealkylation sites (tertiary alicyclic amines) is 1. The molecule has 7 nitrogen and oxygen atoms in total. The molecule has 132 valence electrons. The molecule has 1 atom stereocenters. The van der Waals surface area contributed by atoms with Crippen LogP contribution >= 0.6 is 0 Å². The Morgan fingerprint density at radius 3 is 2.76 bits per heavy atom. The first kappa shape index (κ1) is 16.0. The predicted molar refractivity (Wildman–Crippen MR) is 91.9 cm³/mol. The summed E-state index contributed by atoms with van der Waals surface area (Å²) in [6.45, 7) is 3.03. The predicted octanol–water partition coefficient (Wildman–Crippen LogP) is 1.91. The van der Waals surface area contributed by atoms with Gasteiger partial charge in [0.25, 0.3) is 0 Å². The minimum absolute atomic E-state index is 0.221. The lowest BCUT2D eigenvalue weighted by atomic mass is 10.0. The lowest BCUT2D eigenvalue weighted by Crippen LogP contribution is -2.37. The van der Waals surface area contributed by atoms with Crippen LogP contribution in [0.25, 0.3) is 5.69 Å². The number of aromatic nitrogens is 2. The van der Waals surface area contributed by atoms with Gasteiger partial charge in [-0.05, 0) is 24.3 Å². The second-order valence-corrected chi connectivity index (χ2v) is 6.78. The van der Waals surface area contributed by atoms with Gasteiger partial charge in [-0.3, -0.25) is 4.90 Å². The zero-order chi connectivity index (χ0) is 17.4. The number of hydrogen-bond donors (Lipinski definition) is 0. The first-order valence-electron chi connectivity index (χ1n) is 8.42. The molecule has 1 amide bonds. The summed E-state index contributed by atoms with van der Waals surface area (Å²) < 4.78 is 12.9. The molecule has 1 spiro atoms. The molecule has 2 aromatic rings. The van der Waals surface area contributed by atoms with Crippen LogP contribution in [0.4, 0.5) is 4.79 Å². The first-order chi connectivity index (χ1) is 12.1. The quantitative estimate of drug-likeness (QED) is 0.849. The number of carbonyl (C=O) groups excluding carboxylic acids is 1. The van der Waals surface area contributed by atoms with E-state index in [0.717, 1.165) is 43.3 Å². The van der Waals surface area contributed by atoms with Crippen molar-refractivity contribution < 1.29 is 14.3 Å². The van der Waals surface area contributed by atoms with Crippen molar-refractivity contribution in [3.05, 3.63) is 42.5 Å². The van der Waals surface area contributed by atoms with Crippen LogP contribution in [-0.4, -0.2) is 64.8 Å². The fraction of sp³-hybridized carbons (Fsp3) is 0.444. The van der Waals surface area contributed by atoms with E-state index in [0.29, 0.717) is 6.54 Å². The van der Waals surface area contributed by atoms with Gasteiger partial charge in [0, 0.05) is 44.6 Å². The average Bonchev–Trinajstić information content (AvgIpc) is 3.29. The number of methoxy groups -OCH3 is 1. The Hall–Kier alpha value is -2.54. The van der Waals surface area contributed by atoms with Crippen molar-refractivity contribution in [3.63, 3.8) is 0 Å². The lowest BCUT2D eigenvalue weighted by Gasteiger charge is -2.21. The molecule has 4 rings (SSSR count). The Morgan fingerprint density at radius 2 is 2.08 bits per heavy atom. The van der Waals surface area contributed by atoms with Gasteiger partial charge in [-0.15, -0.1) is 0 Å². The molecule has 25 heavy (non-hydrogen) atoms. The summed E-state index contributed by atoms with van der Waals surface area (Å²) in [7, 11) is 3.45. The molecule has 1 aromatic heterocycles. The van der Waals surface area contributed by atoms with Gasteiger partial charge < -0.3 is 18.9 Å². The van der Waals surface area contributed by atoms with Gasteiger partial charge in [-0.2, -0.15) is 0 Å². The second kappa shape index (κ2) is 6.07. The van der Waals surface area contributed by atoms with E-state index in [1.165, 1.54) is 0 Å². The highest BCUT2D eigenvalue weighted by Gasteiger charge is 2.48. The van der Waals surface area contributed by atoms with Gasteiger partial charge in [-0.25, -0.2) is 9.78 Å². The van der Waals surface area contributed by atoms with Gasteiger partial charge >= 0.3 is 6.09 Å². The smallest absolute Gasteiger partial charge is 0.410 e.